The molecule has 0 aliphatic heterocycles. The molecule has 0 aromatic heterocycles. The highest BCUT2D eigenvalue weighted by Gasteiger charge is 2.02. The zero-order valence-corrected chi connectivity index (χ0v) is 8.70. The van der Waals surface area contributed by atoms with Crippen LogP contribution in [-0.2, 0) is 6.54 Å². The fourth-order valence-electron chi connectivity index (χ4n) is 1.01. The maximum Gasteiger partial charge on any atom is 0.0864 e. The van der Waals surface area contributed by atoms with Crippen molar-refractivity contribution in [3.8, 4) is 0 Å². The van der Waals surface area contributed by atoms with Crippen molar-refractivity contribution in [2.75, 3.05) is 12.4 Å². The Bertz CT molecular complexity index is 281. The molecule has 0 fully saturated rings. The normalized spacial score (nSPS) is 12.8. The molecule has 0 aliphatic carbocycles. The fourth-order valence-corrected chi connectivity index (χ4v) is 1.91. The zero-order chi connectivity index (χ0) is 10.4. The van der Waals surface area contributed by atoms with E-state index < -0.39 is 6.10 Å². The van der Waals surface area contributed by atoms with E-state index in [4.69, 9.17) is 15.9 Å². The molecule has 0 bridgehead atoms. The van der Waals surface area contributed by atoms with Crippen LogP contribution in [0, 0.1) is 0 Å². The molecule has 0 amide bonds. The van der Waals surface area contributed by atoms with Crippen LogP contribution in [-0.4, -0.2) is 28.7 Å². The van der Waals surface area contributed by atoms with E-state index in [1.54, 1.807) is 0 Å². The topological polar surface area (TPSA) is 66.5 Å². The second-order valence-electron chi connectivity index (χ2n) is 3.00. The van der Waals surface area contributed by atoms with Gasteiger partial charge in [0.2, 0.25) is 0 Å². The lowest BCUT2D eigenvalue weighted by atomic mass is 10.2. The Hall–Kier alpha value is -0.550. The summed E-state index contributed by atoms with van der Waals surface area (Å²) in [5.41, 5.74) is 6.58. The molecular weight excluding hydrogens is 198 g/mol. The molecule has 1 aromatic rings. The molecule has 1 rings (SSSR count). The van der Waals surface area contributed by atoms with E-state index in [-0.39, 0.29) is 6.61 Å². The first-order chi connectivity index (χ1) is 6.76. The summed E-state index contributed by atoms with van der Waals surface area (Å²) in [6.07, 6.45) is -0.651. The summed E-state index contributed by atoms with van der Waals surface area (Å²) in [5, 5.41) is 17.8. The van der Waals surface area contributed by atoms with Crippen LogP contribution in [0.3, 0.4) is 0 Å². The third-order valence-corrected chi connectivity index (χ3v) is 2.93. The first-order valence-electron chi connectivity index (χ1n) is 4.47. The monoisotopic (exact) mass is 213 g/mol. The van der Waals surface area contributed by atoms with Crippen LogP contribution in [0.15, 0.2) is 29.2 Å². The average molecular weight is 213 g/mol. The Kier molecular flexibility index (Phi) is 4.97. The summed E-state index contributed by atoms with van der Waals surface area (Å²) < 4.78 is 0. The summed E-state index contributed by atoms with van der Waals surface area (Å²) >= 11 is 1.52. The van der Waals surface area contributed by atoms with Gasteiger partial charge in [0.05, 0.1) is 12.7 Å². The van der Waals surface area contributed by atoms with Gasteiger partial charge in [-0.2, -0.15) is 0 Å². The third-order valence-electron chi connectivity index (χ3n) is 1.79. The highest BCUT2D eigenvalue weighted by Crippen LogP contribution is 2.19. The van der Waals surface area contributed by atoms with Crippen LogP contribution in [0.4, 0.5) is 0 Å². The molecule has 1 atom stereocenters. The molecule has 0 aliphatic rings. The zero-order valence-electron chi connectivity index (χ0n) is 7.89. The largest absolute Gasteiger partial charge is 0.394 e. The first-order valence-corrected chi connectivity index (χ1v) is 5.45. The third kappa shape index (κ3) is 3.67. The van der Waals surface area contributed by atoms with Gasteiger partial charge in [-0.05, 0) is 17.7 Å². The molecule has 1 unspecified atom stereocenters. The average Bonchev–Trinajstić information content (AvgIpc) is 2.26. The minimum Gasteiger partial charge on any atom is -0.394 e. The quantitative estimate of drug-likeness (QED) is 0.626. The van der Waals surface area contributed by atoms with Crippen molar-refractivity contribution < 1.29 is 10.2 Å². The van der Waals surface area contributed by atoms with Gasteiger partial charge in [-0.3, -0.25) is 0 Å². The van der Waals surface area contributed by atoms with Gasteiger partial charge in [-0.25, -0.2) is 0 Å². The van der Waals surface area contributed by atoms with E-state index in [1.807, 2.05) is 24.3 Å². The van der Waals surface area contributed by atoms with Gasteiger partial charge in [0, 0.05) is 17.2 Å². The highest BCUT2D eigenvalue weighted by atomic mass is 32.2. The van der Waals surface area contributed by atoms with Gasteiger partial charge < -0.3 is 15.9 Å². The van der Waals surface area contributed by atoms with Crippen LogP contribution in [0.5, 0.6) is 0 Å². The van der Waals surface area contributed by atoms with Crippen LogP contribution in [0.1, 0.15) is 5.56 Å². The van der Waals surface area contributed by atoms with Crippen LogP contribution >= 0.6 is 11.8 Å². The van der Waals surface area contributed by atoms with Crippen molar-refractivity contribution in [3.05, 3.63) is 29.8 Å². The summed E-state index contributed by atoms with van der Waals surface area (Å²) in [6.45, 7) is 0.334. The molecule has 14 heavy (non-hydrogen) atoms. The fraction of sp³-hybridized carbons (Fsp3) is 0.400. The van der Waals surface area contributed by atoms with E-state index in [0.29, 0.717) is 12.3 Å². The van der Waals surface area contributed by atoms with Crippen molar-refractivity contribution >= 4 is 11.8 Å². The number of benzene rings is 1. The van der Waals surface area contributed by atoms with Crippen molar-refractivity contribution in [2.24, 2.45) is 5.73 Å². The van der Waals surface area contributed by atoms with E-state index in [9.17, 15) is 0 Å². The first kappa shape index (κ1) is 11.5. The molecule has 1 aromatic carbocycles. The van der Waals surface area contributed by atoms with Crippen molar-refractivity contribution in [2.45, 2.75) is 17.5 Å². The molecule has 0 heterocycles. The number of nitrogens with two attached hydrogens (primary N) is 1. The van der Waals surface area contributed by atoms with Crippen LogP contribution in [0.25, 0.3) is 0 Å². The SMILES string of the molecule is NCc1cccc(SCC(O)CO)c1. The minimum absolute atomic E-state index is 0.191. The number of aliphatic hydroxyl groups excluding tert-OH is 2. The Morgan fingerprint density at radius 3 is 2.86 bits per heavy atom. The molecule has 0 saturated heterocycles. The van der Waals surface area contributed by atoms with Crippen LogP contribution < -0.4 is 5.73 Å². The molecule has 3 nitrogen and oxygen atoms in total. The summed E-state index contributed by atoms with van der Waals surface area (Å²) in [6, 6.07) is 7.87. The molecule has 0 radical (unpaired) electrons. The molecule has 78 valence electrons. The maximum atomic E-state index is 9.15. The molecule has 4 N–H and O–H groups in total. The van der Waals surface area contributed by atoms with Crippen molar-refractivity contribution in [1.82, 2.24) is 0 Å². The summed E-state index contributed by atoms with van der Waals surface area (Å²) in [4.78, 5) is 1.07. The predicted molar refractivity (Wildman–Crippen MR) is 58.2 cm³/mol. The van der Waals surface area contributed by atoms with E-state index in [0.717, 1.165) is 10.5 Å². The van der Waals surface area contributed by atoms with E-state index >= 15 is 0 Å². The van der Waals surface area contributed by atoms with Gasteiger partial charge >= 0.3 is 0 Å². The Morgan fingerprint density at radius 1 is 1.43 bits per heavy atom. The number of aliphatic hydroxyl groups is 2. The van der Waals surface area contributed by atoms with Crippen molar-refractivity contribution in [1.29, 1.82) is 0 Å². The standard InChI is InChI=1S/C10H15NO2S/c11-5-8-2-1-3-10(4-8)14-7-9(13)6-12/h1-4,9,12-13H,5-7,11H2. The second-order valence-corrected chi connectivity index (χ2v) is 4.09. The van der Waals surface area contributed by atoms with Gasteiger partial charge in [0.15, 0.2) is 0 Å². The lowest BCUT2D eigenvalue weighted by molar-refractivity contribution is 0.113. The Labute approximate surface area is 87.9 Å². The summed E-state index contributed by atoms with van der Waals surface area (Å²) in [7, 11) is 0. The second kappa shape index (κ2) is 6.03. The van der Waals surface area contributed by atoms with Crippen molar-refractivity contribution in [3.63, 3.8) is 0 Å². The van der Waals surface area contributed by atoms with Gasteiger partial charge in [-0.15, -0.1) is 11.8 Å². The van der Waals surface area contributed by atoms with Gasteiger partial charge in [0.1, 0.15) is 0 Å². The minimum atomic E-state index is -0.651. The van der Waals surface area contributed by atoms with E-state index in [1.165, 1.54) is 11.8 Å². The summed E-state index contributed by atoms with van der Waals surface area (Å²) in [5.74, 6) is 0.504. The maximum absolute atomic E-state index is 9.15. The highest BCUT2D eigenvalue weighted by molar-refractivity contribution is 7.99. The smallest absolute Gasteiger partial charge is 0.0864 e. The Balaban J connectivity index is 2.50. The number of rotatable bonds is 5. The molecule has 0 spiro atoms. The lowest BCUT2D eigenvalue weighted by Gasteiger charge is -2.07. The van der Waals surface area contributed by atoms with Gasteiger partial charge in [0.25, 0.3) is 0 Å². The Morgan fingerprint density at radius 2 is 2.21 bits per heavy atom. The van der Waals surface area contributed by atoms with E-state index in [2.05, 4.69) is 0 Å². The van der Waals surface area contributed by atoms with Crippen LogP contribution in [0.2, 0.25) is 0 Å². The molecule has 4 heteroatoms. The predicted octanol–water partition coefficient (Wildman–Crippen LogP) is 0.591. The molecular formula is C10H15NO2S. The number of thioether (sulfide) groups is 1. The number of hydrogen-bond acceptors (Lipinski definition) is 4. The lowest BCUT2D eigenvalue weighted by Crippen LogP contribution is -2.14. The van der Waals surface area contributed by atoms with Gasteiger partial charge in [-0.1, -0.05) is 12.1 Å². The molecule has 0 saturated carbocycles. The number of hydrogen-bond donors (Lipinski definition) is 3.